The van der Waals surface area contributed by atoms with Crippen LogP contribution in [-0.4, -0.2) is 27.9 Å². The monoisotopic (exact) mass is 303 g/mol. The van der Waals surface area contributed by atoms with Crippen LogP contribution >= 0.6 is 0 Å². The van der Waals surface area contributed by atoms with Crippen LogP contribution in [0.5, 0.6) is 0 Å². The molecule has 116 valence electrons. The molecule has 0 aromatic heterocycles. The van der Waals surface area contributed by atoms with E-state index in [2.05, 4.69) is 0 Å². The topological polar surface area (TPSA) is 57.6 Å². The van der Waals surface area contributed by atoms with Gasteiger partial charge < -0.3 is 10.0 Å². The van der Waals surface area contributed by atoms with Gasteiger partial charge in [-0.1, -0.05) is 12.1 Å². The number of rotatable bonds is 4. The summed E-state index contributed by atoms with van der Waals surface area (Å²) in [7, 11) is 0. The molecule has 0 bridgehead atoms. The largest absolute Gasteiger partial charge is 0.479 e. The van der Waals surface area contributed by atoms with Crippen LogP contribution in [0.1, 0.15) is 37.9 Å². The van der Waals surface area contributed by atoms with Crippen LogP contribution in [0.4, 0.5) is 13.2 Å². The van der Waals surface area contributed by atoms with E-state index in [1.807, 2.05) is 0 Å². The summed E-state index contributed by atoms with van der Waals surface area (Å²) in [6.45, 7) is 4.39. The van der Waals surface area contributed by atoms with Gasteiger partial charge in [0.05, 0.1) is 5.56 Å². The van der Waals surface area contributed by atoms with Gasteiger partial charge in [0.1, 0.15) is 0 Å². The molecule has 0 radical (unpaired) electrons. The summed E-state index contributed by atoms with van der Waals surface area (Å²) in [5.74, 6) is -1.90. The molecular formula is C14H16F3NO3. The van der Waals surface area contributed by atoms with E-state index in [1.54, 1.807) is 13.8 Å². The van der Waals surface area contributed by atoms with Crippen LogP contribution in [-0.2, 0) is 15.8 Å². The number of aliphatic carboxylic acids is 1. The lowest BCUT2D eigenvalue weighted by atomic mass is 10.0. The maximum atomic E-state index is 12.7. The predicted molar refractivity (Wildman–Crippen MR) is 69.5 cm³/mol. The Bertz CT molecular complexity index is 541. The van der Waals surface area contributed by atoms with Gasteiger partial charge in [0, 0.05) is 13.0 Å². The number of carboxylic acids is 1. The SMILES string of the molecule is CC(=O)N(C(C)C)C(C(=O)O)c1cccc(C(F)(F)F)c1. The number of hydrogen-bond donors (Lipinski definition) is 1. The third-order valence-electron chi connectivity index (χ3n) is 2.96. The Kier molecular flexibility index (Phi) is 4.98. The van der Waals surface area contributed by atoms with Crippen molar-refractivity contribution in [2.75, 3.05) is 0 Å². The van der Waals surface area contributed by atoms with Gasteiger partial charge in [-0.25, -0.2) is 4.79 Å². The minimum absolute atomic E-state index is 0.0822. The third kappa shape index (κ3) is 3.96. The molecule has 1 aromatic rings. The number of hydrogen-bond acceptors (Lipinski definition) is 2. The van der Waals surface area contributed by atoms with Gasteiger partial charge in [-0.05, 0) is 31.5 Å². The number of nitrogens with zero attached hydrogens (tertiary/aromatic N) is 1. The molecular weight excluding hydrogens is 287 g/mol. The first-order chi connectivity index (χ1) is 9.55. The maximum absolute atomic E-state index is 12.7. The van der Waals surface area contributed by atoms with Gasteiger partial charge in [0.25, 0.3) is 0 Å². The summed E-state index contributed by atoms with van der Waals surface area (Å²) in [5, 5.41) is 9.31. The first-order valence-corrected chi connectivity index (χ1v) is 6.24. The van der Waals surface area contributed by atoms with Gasteiger partial charge in [-0.2, -0.15) is 13.2 Å². The molecule has 1 rings (SSSR count). The van der Waals surface area contributed by atoms with Crippen LogP contribution in [0, 0.1) is 0 Å². The average molecular weight is 303 g/mol. The van der Waals surface area contributed by atoms with E-state index in [0.29, 0.717) is 0 Å². The Hall–Kier alpha value is -2.05. The second kappa shape index (κ2) is 6.15. The van der Waals surface area contributed by atoms with Crippen molar-refractivity contribution in [1.29, 1.82) is 0 Å². The molecule has 1 amide bonds. The van der Waals surface area contributed by atoms with Gasteiger partial charge >= 0.3 is 12.1 Å². The molecule has 0 aliphatic rings. The fraction of sp³-hybridized carbons (Fsp3) is 0.429. The van der Waals surface area contributed by atoms with Crippen LogP contribution in [0.15, 0.2) is 24.3 Å². The number of benzene rings is 1. The van der Waals surface area contributed by atoms with Crippen molar-refractivity contribution in [3.8, 4) is 0 Å². The molecule has 1 aromatic carbocycles. The quantitative estimate of drug-likeness (QED) is 0.930. The normalized spacial score (nSPS) is 13.1. The van der Waals surface area contributed by atoms with Crippen molar-refractivity contribution in [1.82, 2.24) is 4.90 Å². The Morgan fingerprint density at radius 1 is 1.24 bits per heavy atom. The van der Waals surface area contributed by atoms with Crippen molar-refractivity contribution in [2.45, 2.75) is 39.0 Å². The van der Waals surface area contributed by atoms with Crippen LogP contribution < -0.4 is 0 Å². The van der Waals surface area contributed by atoms with E-state index in [0.717, 1.165) is 23.1 Å². The second-order valence-electron chi connectivity index (χ2n) is 4.88. The molecule has 4 nitrogen and oxygen atoms in total. The minimum Gasteiger partial charge on any atom is -0.479 e. The number of carboxylic acid groups (broad SMARTS) is 1. The Morgan fingerprint density at radius 3 is 2.19 bits per heavy atom. The Balaban J connectivity index is 3.36. The smallest absolute Gasteiger partial charge is 0.416 e. The molecule has 0 aliphatic carbocycles. The zero-order valence-corrected chi connectivity index (χ0v) is 11.8. The maximum Gasteiger partial charge on any atom is 0.416 e. The zero-order valence-electron chi connectivity index (χ0n) is 11.8. The lowest BCUT2D eigenvalue weighted by Crippen LogP contribution is -2.42. The summed E-state index contributed by atoms with van der Waals surface area (Å²) < 4.78 is 38.2. The second-order valence-corrected chi connectivity index (χ2v) is 4.88. The molecule has 0 saturated carbocycles. The Labute approximate surface area is 120 Å². The molecule has 1 atom stereocenters. The van der Waals surface area contributed by atoms with Crippen LogP contribution in [0.25, 0.3) is 0 Å². The summed E-state index contributed by atoms with van der Waals surface area (Å²) in [6, 6.07) is 2.11. The summed E-state index contributed by atoms with van der Waals surface area (Å²) >= 11 is 0. The standard InChI is InChI=1S/C14H16F3NO3/c1-8(2)18(9(3)19)12(13(20)21)10-5-4-6-11(7-10)14(15,16)17/h4-8,12H,1-3H3,(H,20,21). The van der Waals surface area contributed by atoms with E-state index in [-0.39, 0.29) is 5.56 Å². The molecule has 0 aliphatic heterocycles. The highest BCUT2D eigenvalue weighted by Crippen LogP contribution is 2.32. The number of amides is 1. The first-order valence-electron chi connectivity index (χ1n) is 6.24. The average Bonchev–Trinajstić information content (AvgIpc) is 2.33. The van der Waals surface area contributed by atoms with Crippen molar-refractivity contribution in [3.63, 3.8) is 0 Å². The highest BCUT2D eigenvalue weighted by Gasteiger charge is 2.35. The molecule has 0 fully saturated rings. The molecule has 1 N–H and O–H groups in total. The van der Waals surface area contributed by atoms with Gasteiger partial charge in [-0.15, -0.1) is 0 Å². The minimum atomic E-state index is -4.57. The highest BCUT2D eigenvalue weighted by atomic mass is 19.4. The third-order valence-corrected chi connectivity index (χ3v) is 2.96. The number of halogens is 3. The van der Waals surface area contributed by atoms with Crippen LogP contribution in [0.3, 0.4) is 0 Å². The van der Waals surface area contributed by atoms with E-state index in [1.165, 1.54) is 13.0 Å². The first kappa shape index (κ1) is 17.0. The summed E-state index contributed by atoms with van der Waals surface area (Å²) in [6.07, 6.45) is -4.57. The van der Waals surface area contributed by atoms with Gasteiger partial charge in [-0.3, -0.25) is 4.79 Å². The molecule has 7 heteroatoms. The van der Waals surface area contributed by atoms with Crippen LogP contribution in [0.2, 0.25) is 0 Å². The molecule has 0 spiro atoms. The molecule has 1 unspecified atom stereocenters. The van der Waals surface area contributed by atoms with E-state index < -0.39 is 35.7 Å². The summed E-state index contributed by atoms with van der Waals surface area (Å²) in [5.41, 5.74) is -1.03. The molecule has 0 heterocycles. The zero-order chi connectivity index (χ0) is 16.4. The van der Waals surface area contributed by atoms with Crippen molar-refractivity contribution in [3.05, 3.63) is 35.4 Å². The lowest BCUT2D eigenvalue weighted by molar-refractivity contribution is -0.151. The van der Waals surface area contributed by atoms with E-state index in [9.17, 15) is 27.9 Å². The predicted octanol–water partition coefficient (Wildman–Crippen LogP) is 3.09. The molecule has 0 saturated heterocycles. The van der Waals surface area contributed by atoms with Gasteiger partial charge in [0.15, 0.2) is 6.04 Å². The lowest BCUT2D eigenvalue weighted by Gasteiger charge is -2.32. The fourth-order valence-corrected chi connectivity index (χ4v) is 2.15. The number of carbonyl (C=O) groups is 2. The van der Waals surface area contributed by atoms with Gasteiger partial charge in [0.2, 0.25) is 5.91 Å². The Morgan fingerprint density at radius 2 is 1.81 bits per heavy atom. The number of carbonyl (C=O) groups excluding carboxylic acids is 1. The van der Waals surface area contributed by atoms with Crippen molar-refractivity contribution >= 4 is 11.9 Å². The van der Waals surface area contributed by atoms with Crippen molar-refractivity contribution < 1.29 is 27.9 Å². The molecule has 21 heavy (non-hydrogen) atoms. The number of alkyl halides is 3. The van der Waals surface area contributed by atoms with E-state index in [4.69, 9.17) is 0 Å². The van der Waals surface area contributed by atoms with Crippen molar-refractivity contribution in [2.24, 2.45) is 0 Å². The summed E-state index contributed by atoms with van der Waals surface area (Å²) in [4.78, 5) is 24.1. The fourth-order valence-electron chi connectivity index (χ4n) is 2.15. The highest BCUT2D eigenvalue weighted by molar-refractivity contribution is 5.83. The van der Waals surface area contributed by atoms with E-state index >= 15 is 0 Å².